The molecule has 0 aliphatic carbocycles. The quantitative estimate of drug-likeness (QED) is 0.195. The Morgan fingerprint density at radius 2 is 1.32 bits per heavy atom. The van der Waals surface area contributed by atoms with Gasteiger partial charge in [0.25, 0.3) is 0 Å². The zero-order chi connectivity index (χ0) is 26.6. The van der Waals surface area contributed by atoms with Crippen LogP contribution in [-0.4, -0.2) is 55.9 Å². The van der Waals surface area contributed by atoms with Gasteiger partial charge in [-0.15, -0.1) is 0 Å². The lowest BCUT2D eigenvalue weighted by molar-refractivity contribution is -0.205. The van der Waals surface area contributed by atoms with Gasteiger partial charge in [0.1, 0.15) is 17.0 Å². The summed E-state index contributed by atoms with van der Waals surface area (Å²) in [6.07, 6.45) is 4.59. The lowest BCUT2D eigenvalue weighted by Crippen LogP contribution is -2.61. The molecule has 2 unspecified atom stereocenters. The molecule has 0 spiro atoms. The highest BCUT2D eigenvalue weighted by Gasteiger charge is 2.62. The second kappa shape index (κ2) is 8.72. The molecule has 2 heterocycles. The van der Waals surface area contributed by atoms with E-state index in [9.17, 15) is 21.6 Å². The van der Waals surface area contributed by atoms with Crippen LogP contribution in [0.4, 0.5) is 13.2 Å². The fourth-order valence-electron chi connectivity index (χ4n) is 3.65. The molecule has 198 valence electrons. The molecule has 2 atom stereocenters. The third kappa shape index (κ3) is 6.17. The van der Waals surface area contributed by atoms with Crippen LogP contribution < -0.4 is 0 Å². The molecule has 0 radical (unpaired) electrons. The third-order valence-corrected chi connectivity index (χ3v) is 10.4. The van der Waals surface area contributed by atoms with Crippen LogP contribution in [0.1, 0.15) is 75.7 Å². The number of hydrogen-bond donors (Lipinski definition) is 0. The molecule has 0 aromatic heterocycles. The Morgan fingerprint density at radius 1 is 0.853 bits per heavy atom. The van der Waals surface area contributed by atoms with E-state index in [0.29, 0.717) is 0 Å². The average Bonchev–Trinajstić information content (AvgIpc) is 2.90. The van der Waals surface area contributed by atoms with Gasteiger partial charge in [-0.2, -0.15) is 21.6 Å². The summed E-state index contributed by atoms with van der Waals surface area (Å²) in [5.41, 5.74) is -10.1. The summed E-state index contributed by atoms with van der Waals surface area (Å²) < 4.78 is 87.1. The van der Waals surface area contributed by atoms with E-state index in [1.54, 1.807) is 26.0 Å². The van der Waals surface area contributed by atoms with Crippen LogP contribution in [0.15, 0.2) is 24.0 Å². The second-order valence-corrected chi connectivity index (χ2v) is 19.5. The van der Waals surface area contributed by atoms with E-state index in [2.05, 4.69) is 45.7 Å². The number of ether oxygens (including phenoxy) is 1. The lowest BCUT2D eigenvalue weighted by Gasteiger charge is -2.52. The molecular formula is C22H39F3O6SSi2. The zero-order valence-corrected chi connectivity index (χ0v) is 25.5. The van der Waals surface area contributed by atoms with Crippen molar-refractivity contribution >= 4 is 29.6 Å². The summed E-state index contributed by atoms with van der Waals surface area (Å²) in [6, 6.07) is 0. The zero-order valence-electron chi connectivity index (χ0n) is 21.8. The first-order chi connectivity index (χ1) is 14.9. The molecule has 2 aliphatic heterocycles. The van der Waals surface area contributed by atoms with Crippen molar-refractivity contribution in [1.29, 1.82) is 0 Å². The largest absolute Gasteiger partial charge is 0.534 e. The van der Waals surface area contributed by atoms with Gasteiger partial charge in [0.15, 0.2) is 19.5 Å². The molecule has 0 saturated heterocycles. The molecule has 34 heavy (non-hydrogen) atoms. The van der Waals surface area contributed by atoms with E-state index in [1.165, 1.54) is 6.08 Å². The third-order valence-electron chi connectivity index (χ3n) is 5.96. The van der Waals surface area contributed by atoms with Crippen molar-refractivity contribution in [2.45, 2.75) is 114 Å². The Kier molecular flexibility index (Phi) is 7.58. The number of halogens is 3. The smallest absolute Gasteiger partial charge is 0.415 e. The van der Waals surface area contributed by atoms with Crippen LogP contribution in [0.5, 0.6) is 0 Å². The Morgan fingerprint density at radius 3 is 1.76 bits per heavy atom. The van der Waals surface area contributed by atoms with Gasteiger partial charge >= 0.3 is 15.6 Å². The minimum absolute atomic E-state index is 0.0442. The van der Waals surface area contributed by atoms with Crippen LogP contribution >= 0.6 is 0 Å². The van der Waals surface area contributed by atoms with E-state index in [1.807, 2.05) is 13.8 Å². The predicted molar refractivity (Wildman–Crippen MR) is 131 cm³/mol. The lowest BCUT2D eigenvalue weighted by atomic mass is 9.80. The van der Waals surface area contributed by atoms with E-state index in [-0.39, 0.29) is 22.3 Å². The number of alkyl halides is 3. The average molecular weight is 545 g/mol. The molecule has 12 heteroatoms. The molecule has 0 amide bonds. The molecular weight excluding hydrogens is 505 g/mol. The normalized spacial score (nSPS) is 27.3. The van der Waals surface area contributed by atoms with Crippen molar-refractivity contribution in [3.8, 4) is 0 Å². The number of rotatable bonds is 8. The first-order valence-electron chi connectivity index (χ1n) is 11.3. The molecule has 2 bridgehead atoms. The highest BCUT2D eigenvalue weighted by Crippen LogP contribution is 2.54. The van der Waals surface area contributed by atoms with Gasteiger partial charge in [-0.05, 0) is 49.9 Å². The molecule has 2 aliphatic rings. The SMILES string of the molecule is CC(C)(C)[SiH2]OC(C)(C)C12C=CC(C(C)(C)O[SiH2]C(C)(C)C)(CC(OS(=O)(=O)C(F)(F)F)=C1)O2. The van der Waals surface area contributed by atoms with Crippen molar-refractivity contribution in [2.75, 3.05) is 0 Å². The highest BCUT2D eigenvalue weighted by molar-refractivity contribution is 7.87. The summed E-state index contributed by atoms with van der Waals surface area (Å²) in [5.74, 6) is -0.336. The van der Waals surface area contributed by atoms with Crippen molar-refractivity contribution < 1.29 is 39.4 Å². The van der Waals surface area contributed by atoms with Crippen LogP contribution in [0, 0.1) is 0 Å². The summed E-state index contributed by atoms with van der Waals surface area (Å²) in [6.45, 7) is 19.5. The molecule has 2 rings (SSSR count). The highest BCUT2D eigenvalue weighted by atomic mass is 32.2. The van der Waals surface area contributed by atoms with Crippen LogP contribution in [0.25, 0.3) is 0 Å². The molecule has 0 aromatic carbocycles. The Balaban J connectivity index is 2.54. The fourth-order valence-corrected chi connectivity index (χ4v) is 6.19. The van der Waals surface area contributed by atoms with Crippen LogP contribution in [0.2, 0.25) is 10.1 Å². The second-order valence-electron chi connectivity index (χ2n) is 12.6. The Bertz CT molecular complexity index is 945. The molecule has 0 fully saturated rings. The monoisotopic (exact) mass is 544 g/mol. The summed E-state index contributed by atoms with van der Waals surface area (Å²) in [7, 11) is -8.02. The molecule has 6 nitrogen and oxygen atoms in total. The van der Waals surface area contributed by atoms with Gasteiger partial charge in [-0.25, -0.2) is 0 Å². The van der Waals surface area contributed by atoms with Crippen molar-refractivity contribution in [3.63, 3.8) is 0 Å². The first kappa shape index (κ1) is 29.6. The predicted octanol–water partition coefficient (Wildman–Crippen LogP) is 4.40. The van der Waals surface area contributed by atoms with Crippen molar-refractivity contribution in [2.24, 2.45) is 0 Å². The Labute approximate surface area is 206 Å². The molecule has 0 N–H and O–H groups in total. The van der Waals surface area contributed by atoms with Crippen LogP contribution in [-0.2, 0) is 27.9 Å². The van der Waals surface area contributed by atoms with Crippen LogP contribution in [0.3, 0.4) is 0 Å². The van der Waals surface area contributed by atoms with Gasteiger partial charge < -0.3 is 17.8 Å². The van der Waals surface area contributed by atoms with Gasteiger partial charge in [0, 0.05) is 6.42 Å². The molecule has 0 saturated carbocycles. The fraction of sp³-hybridized carbons (Fsp3) is 0.818. The summed E-state index contributed by atoms with van der Waals surface area (Å²) in [5, 5.41) is -0.0944. The Hall–Kier alpha value is -0.666. The minimum atomic E-state index is -5.85. The van der Waals surface area contributed by atoms with E-state index < -0.39 is 57.6 Å². The maximum absolute atomic E-state index is 13.1. The first-order valence-corrected chi connectivity index (χ1v) is 15.2. The summed E-state index contributed by atoms with van der Waals surface area (Å²) in [4.78, 5) is 0. The molecule has 0 aromatic rings. The topological polar surface area (TPSA) is 71.1 Å². The van der Waals surface area contributed by atoms with Gasteiger partial charge in [0.05, 0.1) is 11.2 Å². The van der Waals surface area contributed by atoms with Gasteiger partial charge in [0.2, 0.25) is 0 Å². The van der Waals surface area contributed by atoms with Crippen molar-refractivity contribution in [1.82, 2.24) is 0 Å². The van der Waals surface area contributed by atoms with Gasteiger partial charge in [-0.1, -0.05) is 47.6 Å². The minimum Gasteiger partial charge on any atom is -0.415 e. The van der Waals surface area contributed by atoms with E-state index in [0.717, 1.165) is 0 Å². The van der Waals surface area contributed by atoms with Gasteiger partial charge in [-0.3, -0.25) is 0 Å². The van der Waals surface area contributed by atoms with E-state index >= 15 is 0 Å². The number of fused-ring (bicyclic) bond motifs is 2. The number of hydrogen-bond acceptors (Lipinski definition) is 6. The standard InChI is InChI=1S/C22H39F3O6SSi2/c1-16(2,3)33-30-18(7,8)20-11-12-21(29-20,19(9,10)31-34-17(4,5)6)14-15(13-20)28-32(26,27)22(23,24)25/h11-13H,14,33-34H2,1-10H3. The maximum atomic E-state index is 13.1. The summed E-state index contributed by atoms with van der Waals surface area (Å²) >= 11 is 0. The maximum Gasteiger partial charge on any atom is 0.534 e. The van der Waals surface area contributed by atoms with Crippen molar-refractivity contribution in [3.05, 3.63) is 24.0 Å². The van der Waals surface area contributed by atoms with E-state index in [4.69, 9.17) is 13.6 Å².